The van der Waals surface area contributed by atoms with Crippen LogP contribution < -0.4 is 15.8 Å². The summed E-state index contributed by atoms with van der Waals surface area (Å²) in [5.41, 5.74) is 8.93. The minimum Gasteiger partial charge on any atom is -0.399 e. The molecule has 0 radical (unpaired) electrons. The van der Waals surface area contributed by atoms with Crippen LogP contribution in [0.3, 0.4) is 0 Å². The van der Waals surface area contributed by atoms with Gasteiger partial charge in [0, 0.05) is 56.8 Å². The molecular formula is C34H46N6O4S. The SMILES string of the molecule is CCC1CCN(C(=O)[C@H](Cc2ccc(N)cc2)NS(=O)(=O)c2cnccc2N[C@@H](Cc2ccccc2)CN2CCOCC2)CC1. The summed E-state index contributed by atoms with van der Waals surface area (Å²) in [4.78, 5) is 22.2. The highest BCUT2D eigenvalue weighted by Gasteiger charge is 2.33. The second-order valence-corrected chi connectivity index (χ2v) is 13.8. The van der Waals surface area contributed by atoms with Gasteiger partial charge in [0.2, 0.25) is 15.9 Å². The lowest BCUT2D eigenvalue weighted by atomic mass is 9.94. The summed E-state index contributed by atoms with van der Waals surface area (Å²) < 4.78 is 36.6. The molecule has 0 saturated carbocycles. The Morgan fingerprint density at radius 2 is 1.67 bits per heavy atom. The number of piperidine rings is 1. The fourth-order valence-corrected chi connectivity index (χ4v) is 7.49. The molecule has 2 atom stereocenters. The molecule has 242 valence electrons. The number of aromatic nitrogens is 1. The van der Waals surface area contributed by atoms with Gasteiger partial charge in [-0.2, -0.15) is 4.72 Å². The van der Waals surface area contributed by atoms with E-state index >= 15 is 0 Å². The molecule has 2 saturated heterocycles. The summed E-state index contributed by atoms with van der Waals surface area (Å²) in [6.07, 6.45) is 6.79. The number of pyridine rings is 1. The topological polar surface area (TPSA) is 130 Å². The van der Waals surface area contributed by atoms with Gasteiger partial charge in [0.05, 0.1) is 18.9 Å². The number of nitrogens with one attached hydrogen (secondary N) is 2. The van der Waals surface area contributed by atoms with Crippen LogP contribution in [-0.4, -0.2) is 87.1 Å². The zero-order valence-electron chi connectivity index (χ0n) is 26.1. The van der Waals surface area contributed by atoms with Gasteiger partial charge in [-0.1, -0.05) is 55.8 Å². The summed E-state index contributed by atoms with van der Waals surface area (Å²) in [6, 6.07) is 18.0. The number of rotatable bonds is 13. The fourth-order valence-electron chi connectivity index (χ4n) is 6.19. The van der Waals surface area contributed by atoms with Gasteiger partial charge in [0.1, 0.15) is 10.9 Å². The van der Waals surface area contributed by atoms with Crippen molar-refractivity contribution >= 4 is 27.3 Å². The summed E-state index contributed by atoms with van der Waals surface area (Å²) in [5.74, 6) is 0.379. The van der Waals surface area contributed by atoms with Crippen LogP contribution in [0.4, 0.5) is 11.4 Å². The molecular weight excluding hydrogens is 588 g/mol. The van der Waals surface area contributed by atoms with Crippen molar-refractivity contribution in [3.05, 3.63) is 84.2 Å². The zero-order chi connectivity index (χ0) is 31.6. The quantitative estimate of drug-likeness (QED) is 0.244. The number of anilines is 2. The van der Waals surface area contributed by atoms with Gasteiger partial charge in [0.15, 0.2) is 0 Å². The van der Waals surface area contributed by atoms with Crippen LogP contribution in [-0.2, 0) is 32.4 Å². The molecule has 2 fully saturated rings. The molecule has 1 amide bonds. The van der Waals surface area contributed by atoms with Gasteiger partial charge >= 0.3 is 0 Å². The normalized spacial score (nSPS) is 17.9. The van der Waals surface area contributed by atoms with Crippen molar-refractivity contribution in [2.75, 3.05) is 57.0 Å². The van der Waals surface area contributed by atoms with Crippen molar-refractivity contribution in [1.82, 2.24) is 19.5 Å². The van der Waals surface area contributed by atoms with Crippen LogP contribution in [0, 0.1) is 5.92 Å². The highest BCUT2D eigenvalue weighted by molar-refractivity contribution is 7.89. The molecule has 45 heavy (non-hydrogen) atoms. The first-order valence-corrected chi connectivity index (χ1v) is 17.5. The number of hydrogen-bond acceptors (Lipinski definition) is 8. The zero-order valence-corrected chi connectivity index (χ0v) is 26.9. The maximum atomic E-state index is 14.1. The lowest BCUT2D eigenvalue weighted by Gasteiger charge is -2.34. The summed E-state index contributed by atoms with van der Waals surface area (Å²) in [6.45, 7) is 7.14. The number of amides is 1. The molecule has 5 rings (SSSR count). The molecule has 2 aromatic carbocycles. The fraction of sp³-hybridized carbons (Fsp3) is 0.471. The minimum absolute atomic E-state index is 0.0184. The van der Waals surface area contributed by atoms with E-state index in [0.29, 0.717) is 50.0 Å². The predicted octanol–water partition coefficient (Wildman–Crippen LogP) is 3.56. The smallest absolute Gasteiger partial charge is 0.244 e. The first-order valence-electron chi connectivity index (χ1n) is 16.0. The van der Waals surface area contributed by atoms with Gasteiger partial charge in [-0.05, 0) is 60.9 Å². The predicted molar refractivity (Wildman–Crippen MR) is 177 cm³/mol. The van der Waals surface area contributed by atoms with Crippen molar-refractivity contribution in [2.24, 2.45) is 5.92 Å². The van der Waals surface area contributed by atoms with Crippen molar-refractivity contribution in [3.8, 4) is 0 Å². The van der Waals surface area contributed by atoms with Gasteiger partial charge in [-0.15, -0.1) is 0 Å². The van der Waals surface area contributed by atoms with Crippen LogP contribution in [0.25, 0.3) is 0 Å². The van der Waals surface area contributed by atoms with Crippen LogP contribution in [0.15, 0.2) is 78.0 Å². The average Bonchev–Trinajstić information content (AvgIpc) is 3.06. The first kappa shape index (κ1) is 32.9. The van der Waals surface area contributed by atoms with Crippen LogP contribution in [0.5, 0.6) is 0 Å². The third-order valence-electron chi connectivity index (χ3n) is 8.86. The standard InChI is InChI=1S/C34H46N6O4S/c1-2-26-13-16-40(17-14-26)34(41)32(23-28-8-10-29(35)11-9-28)38-45(42,43)33-24-36-15-12-31(33)37-30(22-27-6-4-3-5-7-27)25-39-18-20-44-21-19-39/h3-12,15,24,26,30,32,38H,2,13-14,16-23,25,35H2,1H3,(H,36,37)/t30-,32-/m0/s1. The second kappa shape index (κ2) is 15.7. The molecule has 10 nitrogen and oxygen atoms in total. The second-order valence-electron chi connectivity index (χ2n) is 12.1. The summed E-state index contributed by atoms with van der Waals surface area (Å²) in [7, 11) is -4.15. The maximum Gasteiger partial charge on any atom is 0.244 e. The third kappa shape index (κ3) is 9.26. The molecule has 2 aliphatic rings. The van der Waals surface area contributed by atoms with E-state index in [-0.39, 0.29) is 23.3 Å². The number of nitrogens with two attached hydrogens (primary N) is 1. The van der Waals surface area contributed by atoms with E-state index in [4.69, 9.17) is 10.5 Å². The molecule has 0 bridgehead atoms. The molecule has 0 unspecified atom stereocenters. The Kier molecular flexibility index (Phi) is 11.4. The largest absolute Gasteiger partial charge is 0.399 e. The highest BCUT2D eigenvalue weighted by Crippen LogP contribution is 2.25. The summed E-state index contributed by atoms with van der Waals surface area (Å²) in [5, 5.41) is 3.53. The van der Waals surface area contributed by atoms with Crippen LogP contribution in [0.1, 0.15) is 37.3 Å². The number of likely N-dealkylation sites (tertiary alicyclic amines) is 1. The Bertz CT molecular complexity index is 1470. The lowest BCUT2D eigenvalue weighted by molar-refractivity contribution is -0.134. The number of nitrogens with zero attached hydrogens (tertiary/aromatic N) is 3. The van der Waals surface area contributed by atoms with E-state index in [0.717, 1.165) is 50.0 Å². The van der Waals surface area contributed by atoms with Crippen molar-refractivity contribution in [1.29, 1.82) is 0 Å². The van der Waals surface area contributed by atoms with E-state index in [9.17, 15) is 13.2 Å². The van der Waals surface area contributed by atoms with Gasteiger partial charge < -0.3 is 20.7 Å². The minimum atomic E-state index is -4.15. The molecule has 11 heteroatoms. The van der Waals surface area contributed by atoms with E-state index in [2.05, 4.69) is 39.0 Å². The first-order chi connectivity index (χ1) is 21.8. The number of nitrogen functional groups attached to an aromatic ring is 1. The molecule has 3 heterocycles. The molecule has 0 aliphatic carbocycles. The van der Waals surface area contributed by atoms with E-state index in [1.54, 1.807) is 29.3 Å². The van der Waals surface area contributed by atoms with E-state index in [1.165, 1.54) is 6.20 Å². The number of carbonyl (C=O) groups excluding carboxylic acids is 1. The number of carbonyl (C=O) groups is 1. The monoisotopic (exact) mass is 634 g/mol. The van der Waals surface area contributed by atoms with E-state index in [1.807, 2.05) is 30.3 Å². The average molecular weight is 635 g/mol. The van der Waals surface area contributed by atoms with Crippen molar-refractivity contribution < 1.29 is 17.9 Å². The Morgan fingerprint density at radius 3 is 2.36 bits per heavy atom. The number of sulfonamides is 1. The molecule has 3 aromatic rings. The number of benzene rings is 2. The third-order valence-corrected chi connectivity index (χ3v) is 10.4. The Morgan fingerprint density at radius 1 is 0.978 bits per heavy atom. The van der Waals surface area contributed by atoms with Crippen molar-refractivity contribution in [3.63, 3.8) is 0 Å². The van der Waals surface area contributed by atoms with Crippen molar-refractivity contribution in [2.45, 2.75) is 56.0 Å². The molecule has 1 aromatic heterocycles. The maximum absolute atomic E-state index is 14.1. The highest BCUT2D eigenvalue weighted by atomic mass is 32.2. The van der Waals surface area contributed by atoms with Crippen LogP contribution in [0.2, 0.25) is 0 Å². The molecule has 4 N–H and O–H groups in total. The van der Waals surface area contributed by atoms with Gasteiger partial charge in [-0.3, -0.25) is 14.7 Å². The Hall–Kier alpha value is -3.51. The number of morpholine rings is 1. The number of hydrogen-bond donors (Lipinski definition) is 3. The lowest BCUT2D eigenvalue weighted by Crippen LogP contribution is -2.51. The van der Waals surface area contributed by atoms with Gasteiger partial charge in [-0.25, -0.2) is 8.42 Å². The Balaban J connectivity index is 1.39. The van der Waals surface area contributed by atoms with Gasteiger partial charge in [0.25, 0.3) is 0 Å². The summed E-state index contributed by atoms with van der Waals surface area (Å²) >= 11 is 0. The van der Waals surface area contributed by atoms with E-state index < -0.39 is 16.1 Å². The molecule has 0 spiro atoms. The number of ether oxygens (including phenoxy) is 1. The Labute approximate surface area is 267 Å². The molecule has 2 aliphatic heterocycles. The van der Waals surface area contributed by atoms with Crippen LogP contribution >= 0.6 is 0 Å².